The minimum absolute atomic E-state index is 0.0792. The molecule has 0 amide bonds. The fourth-order valence-electron chi connectivity index (χ4n) is 1.32. The quantitative estimate of drug-likeness (QED) is 0.922. The van der Waals surface area contributed by atoms with Gasteiger partial charge in [0.2, 0.25) is 0 Å². The number of hydrogen-bond donors (Lipinski definition) is 1. The highest BCUT2D eigenvalue weighted by molar-refractivity contribution is 9.10. The first kappa shape index (κ1) is 13.2. The number of carboxylic acids is 1. The maximum absolute atomic E-state index is 11.5. The molecule has 0 aliphatic rings. The predicted molar refractivity (Wildman–Crippen MR) is 63.2 cm³/mol. The molecule has 6 heteroatoms. The van der Waals surface area contributed by atoms with Crippen molar-refractivity contribution in [2.45, 2.75) is 17.7 Å². The first-order valence-electron chi connectivity index (χ1n) is 4.51. The van der Waals surface area contributed by atoms with Gasteiger partial charge in [-0.25, -0.2) is 8.42 Å². The highest BCUT2D eigenvalue weighted by Crippen LogP contribution is 2.22. The molecule has 0 radical (unpaired) electrons. The van der Waals surface area contributed by atoms with Gasteiger partial charge in [-0.3, -0.25) is 4.79 Å². The van der Waals surface area contributed by atoms with Crippen LogP contribution in [0.25, 0.3) is 0 Å². The van der Waals surface area contributed by atoms with E-state index in [0.29, 0.717) is 10.0 Å². The first-order chi connectivity index (χ1) is 7.30. The van der Waals surface area contributed by atoms with Crippen molar-refractivity contribution >= 4 is 31.7 Å². The molecular weight excluding hydrogens is 296 g/mol. The highest BCUT2D eigenvalue weighted by Gasteiger charge is 2.14. The molecule has 0 aromatic heterocycles. The lowest BCUT2D eigenvalue weighted by molar-refractivity contribution is -0.136. The summed E-state index contributed by atoms with van der Waals surface area (Å²) in [6.45, 7) is 0. The summed E-state index contributed by atoms with van der Waals surface area (Å²) in [4.78, 5) is 10.6. The number of rotatable bonds is 4. The number of aryl methyl sites for hydroxylation is 1. The lowest BCUT2D eigenvalue weighted by Gasteiger charge is -2.07. The van der Waals surface area contributed by atoms with Crippen molar-refractivity contribution < 1.29 is 18.3 Å². The molecule has 0 saturated carbocycles. The Hall–Kier alpha value is -0.880. The Labute approximate surface area is 102 Å². The number of sulfone groups is 1. The van der Waals surface area contributed by atoms with Crippen LogP contribution in [0, 0.1) is 0 Å². The van der Waals surface area contributed by atoms with E-state index in [2.05, 4.69) is 15.9 Å². The van der Waals surface area contributed by atoms with Gasteiger partial charge in [0.15, 0.2) is 9.84 Å². The summed E-state index contributed by atoms with van der Waals surface area (Å²) < 4.78 is 23.6. The topological polar surface area (TPSA) is 71.4 Å². The predicted octanol–water partition coefficient (Wildman–Crippen LogP) is 1.87. The van der Waals surface area contributed by atoms with Crippen molar-refractivity contribution in [3.8, 4) is 0 Å². The lowest BCUT2D eigenvalue weighted by atomic mass is 10.1. The summed E-state index contributed by atoms with van der Waals surface area (Å²) in [7, 11) is -3.33. The molecule has 88 valence electrons. The van der Waals surface area contributed by atoms with E-state index in [1.54, 1.807) is 12.1 Å². The van der Waals surface area contributed by atoms with Crippen LogP contribution in [-0.2, 0) is 21.1 Å². The molecule has 16 heavy (non-hydrogen) atoms. The zero-order valence-corrected chi connectivity index (χ0v) is 11.0. The minimum atomic E-state index is -3.33. The van der Waals surface area contributed by atoms with E-state index < -0.39 is 15.8 Å². The second kappa shape index (κ2) is 4.97. The molecule has 0 bridgehead atoms. The average Bonchev–Trinajstić information content (AvgIpc) is 2.14. The van der Waals surface area contributed by atoms with Crippen LogP contribution in [0.2, 0.25) is 0 Å². The molecular formula is C10H11BrO4S. The summed E-state index contributed by atoms with van der Waals surface area (Å²) in [5.41, 5.74) is 0.535. The van der Waals surface area contributed by atoms with E-state index in [-0.39, 0.29) is 17.7 Å². The molecule has 0 spiro atoms. The van der Waals surface area contributed by atoms with E-state index in [1.807, 2.05) is 0 Å². The second-order valence-corrected chi connectivity index (χ2v) is 6.32. The zero-order valence-electron chi connectivity index (χ0n) is 8.60. The van der Waals surface area contributed by atoms with Gasteiger partial charge in [-0.2, -0.15) is 0 Å². The molecule has 0 heterocycles. The third kappa shape index (κ3) is 3.61. The molecule has 4 nitrogen and oxygen atoms in total. The Morgan fingerprint density at radius 1 is 1.44 bits per heavy atom. The van der Waals surface area contributed by atoms with Gasteiger partial charge in [0, 0.05) is 17.1 Å². The second-order valence-electron chi connectivity index (χ2n) is 3.42. The number of carboxylic acid groups (broad SMARTS) is 1. The number of halogens is 1. The summed E-state index contributed by atoms with van der Waals surface area (Å²) in [5, 5.41) is 8.56. The van der Waals surface area contributed by atoms with Gasteiger partial charge in [0.05, 0.1) is 4.90 Å². The summed E-state index contributed by atoms with van der Waals surface area (Å²) in [6.07, 6.45) is 1.24. The molecule has 1 aromatic carbocycles. The molecule has 1 aromatic rings. The fraction of sp³-hybridized carbons (Fsp3) is 0.300. The number of hydrogen-bond acceptors (Lipinski definition) is 3. The Morgan fingerprint density at radius 2 is 2.06 bits per heavy atom. The summed E-state index contributed by atoms with van der Waals surface area (Å²) in [5.74, 6) is -0.942. The van der Waals surface area contributed by atoms with E-state index in [4.69, 9.17) is 5.11 Å². The van der Waals surface area contributed by atoms with Gasteiger partial charge < -0.3 is 5.11 Å². The summed E-state index contributed by atoms with van der Waals surface area (Å²) >= 11 is 3.19. The third-order valence-electron chi connectivity index (χ3n) is 2.04. The van der Waals surface area contributed by atoms with Crippen molar-refractivity contribution in [1.29, 1.82) is 0 Å². The van der Waals surface area contributed by atoms with Crippen LogP contribution in [0.1, 0.15) is 12.0 Å². The van der Waals surface area contributed by atoms with Crippen LogP contribution in [0.4, 0.5) is 0 Å². The Morgan fingerprint density at radius 3 is 2.56 bits per heavy atom. The van der Waals surface area contributed by atoms with Crippen LogP contribution in [-0.4, -0.2) is 25.7 Å². The first-order valence-corrected chi connectivity index (χ1v) is 7.19. The fourth-order valence-corrected chi connectivity index (χ4v) is 2.82. The maximum atomic E-state index is 11.5. The van der Waals surface area contributed by atoms with E-state index in [0.717, 1.165) is 6.26 Å². The van der Waals surface area contributed by atoms with Gasteiger partial charge in [-0.1, -0.05) is 22.0 Å². The van der Waals surface area contributed by atoms with Crippen LogP contribution in [0.15, 0.2) is 27.6 Å². The van der Waals surface area contributed by atoms with Gasteiger partial charge >= 0.3 is 5.97 Å². The molecule has 0 atom stereocenters. The molecule has 0 saturated heterocycles. The highest BCUT2D eigenvalue weighted by atomic mass is 79.9. The van der Waals surface area contributed by atoms with Gasteiger partial charge in [-0.05, 0) is 24.1 Å². The van der Waals surface area contributed by atoms with Crippen LogP contribution >= 0.6 is 15.9 Å². The largest absolute Gasteiger partial charge is 0.481 e. The van der Waals surface area contributed by atoms with Crippen molar-refractivity contribution in [3.63, 3.8) is 0 Å². The van der Waals surface area contributed by atoms with Crippen LogP contribution in [0.5, 0.6) is 0 Å². The third-order valence-corrected chi connectivity index (χ3v) is 3.71. The SMILES string of the molecule is CS(=O)(=O)c1cc(Br)ccc1CCC(=O)O. The Bertz CT molecular complexity index is 508. The Kier molecular flexibility index (Phi) is 4.09. The Balaban J connectivity index is 3.13. The van der Waals surface area contributed by atoms with E-state index >= 15 is 0 Å². The van der Waals surface area contributed by atoms with Gasteiger partial charge in [0.25, 0.3) is 0 Å². The van der Waals surface area contributed by atoms with Crippen molar-refractivity contribution in [1.82, 2.24) is 0 Å². The standard InChI is InChI=1S/C10H11BrO4S/c1-16(14,15)9-6-8(11)4-2-7(9)3-5-10(12)13/h2,4,6H,3,5H2,1H3,(H,12,13). The minimum Gasteiger partial charge on any atom is -0.481 e. The monoisotopic (exact) mass is 306 g/mol. The molecule has 1 N–H and O–H groups in total. The van der Waals surface area contributed by atoms with E-state index in [1.165, 1.54) is 6.07 Å². The van der Waals surface area contributed by atoms with Crippen LogP contribution in [0.3, 0.4) is 0 Å². The zero-order chi connectivity index (χ0) is 12.3. The lowest BCUT2D eigenvalue weighted by Crippen LogP contribution is -2.05. The van der Waals surface area contributed by atoms with Crippen molar-refractivity contribution in [2.75, 3.05) is 6.26 Å². The maximum Gasteiger partial charge on any atom is 0.303 e. The molecule has 0 aliphatic carbocycles. The van der Waals surface area contributed by atoms with Crippen molar-refractivity contribution in [2.24, 2.45) is 0 Å². The number of aliphatic carboxylic acids is 1. The number of carbonyl (C=O) groups is 1. The molecule has 0 aliphatic heterocycles. The number of benzene rings is 1. The molecule has 1 rings (SSSR count). The molecule has 0 fully saturated rings. The van der Waals surface area contributed by atoms with Gasteiger partial charge in [0.1, 0.15) is 0 Å². The van der Waals surface area contributed by atoms with Crippen molar-refractivity contribution in [3.05, 3.63) is 28.2 Å². The average molecular weight is 307 g/mol. The smallest absolute Gasteiger partial charge is 0.303 e. The van der Waals surface area contributed by atoms with Crippen LogP contribution < -0.4 is 0 Å². The van der Waals surface area contributed by atoms with E-state index in [9.17, 15) is 13.2 Å². The molecule has 0 unspecified atom stereocenters. The summed E-state index contributed by atoms with van der Waals surface area (Å²) in [6, 6.07) is 4.82. The van der Waals surface area contributed by atoms with Gasteiger partial charge in [-0.15, -0.1) is 0 Å². The normalized spacial score (nSPS) is 11.4.